The molecule has 21 heavy (non-hydrogen) atoms. The molecule has 0 aromatic heterocycles. The minimum atomic E-state index is -1.11. The minimum absolute atomic E-state index is 0. The maximum atomic E-state index is 9.84. The number of carbonyl (C=O) groups excluding carboxylic acids is 3. The van der Waals surface area contributed by atoms with Crippen molar-refractivity contribution in [3.8, 4) is 0 Å². The largest absolute Gasteiger partial charge is 1.00 e. The molecule has 0 bridgehead atoms. The van der Waals surface area contributed by atoms with Crippen molar-refractivity contribution in [3.05, 3.63) is 0 Å². The van der Waals surface area contributed by atoms with Crippen LogP contribution in [0.25, 0.3) is 0 Å². The fourth-order valence-corrected chi connectivity index (χ4v) is 1.51. The van der Waals surface area contributed by atoms with Gasteiger partial charge in [0, 0.05) is 17.9 Å². The summed E-state index contributed by atoms with van der Waals surface area (Å²) in [5.74, 6) is -2.09. The zero-order valence-corrected chi connectivity index (χ0v) is 21.3. The molecule has 0 aliphatic rings. The van der Waals surface area contributed by atoms with E-state index in [0.717, 1.165) is 0 Å². The van der Waals surface area contributed by atoms with Crippen molar-refractivity contribution < 1.29 is 120 Å². The molecular weight excluding hydrogens is 369 g/mol. The van der Waals surface area contributed by atoms with Gasteiger partial charge in [0.25, 0.3) is 0 Å². The molecule has 0 amide bonds. The van der Waals surface area contributed by atoms with Crippen LogP contribution in [0, 0.1) is 0 Å². The van der Waals surface area contributed by atoms with Gasteiger partial charge in [-0.3, -0.25) is 0 Å². The Balaban J connectivity index is -0.0000000366. The van der Waals surface area contributed by atoms with Crippen LogP contribution in [0.5, 0.6) is 0 Å². The van der Waals surface area contributed by atoms with Crippen LogP contribution in [-0.4, -0.2) is 35.2 Å². The number of carbonyl (C=O) groups is 3. The third kappa shape index (κ3) is 51.9. The summed E-state index contributed by atoms with van der Waals surface area (Å²) in [4.78, 5) is 29.1. The summed E-state index contributed by atoms with van der Waals surface area (Å²) in [5.41, 5.74) is 0. The maximum absolute atomic E-state index is 9.84. The molecule has 0 atom stereocenters. The topological polar surface area (TPSA) is 120 Å². The van der Waals surface area contributed by atoms with Gasteiger partial charge in [0.15, 0.2) is 0 Å². The van der Waals surface area contributed by atoms with Gasteiger partial charge in [-0.25, -0.2) is 0 Å². The Morgan fingerprint density at radius 2 is 1.10 bits per heavy atom. The number of carboxylic acids is 3. The second-order valence-corrected chi connectivity index (χ2v) is 4.37. The summed E-state index contributed by atoms with van der Waals surface area (Å²) < 4.78 is 0. The predicted octanol–water partition coefficient (Wildman–Crippen LogP) is -11.7. The normalized spacial score (nSPS) is 7.29. The standard InChI is InChI=1S/C6H10O4S.C3H6O2S.3Na.H2S/c7-5(8)1-3-11-4-2-6(9)10;4-3(5)1-2-6;;;;/h1-4H2,(H,7,8)(H,9,10);6H,1-2H2,(H,4,5);;;;1H2/q;;3*+1;/p-2. The summed E-state index contributed by atoms with van der Waals surface area (Å²) in [5, 5.41) is 29.1. The van der Waals surface area contributed by atoms with Crippen molar-refractivity contribution in [1.82, 2.24) is 0 Å². The number of hydrogen-bond donors (Lipinski definition) is 1. The molecule has 0 aliphatic carbocycles. The SMILES string of the molecule is O=C([O-])CCS.O=C([O-])CCSCCC(=O)[O-].S.[H+].[Na+].[Na+].[Na+]. The van der Waals surface area contributed by atoms with Crippen molar-refractivity contribution in [3.63, 3.8) is 0 Å². The van der Waals surface area contributed by atoms with Crippen LogP contribution in [-0.2, 0) is 14.4 Å². The van der Waals surface area contributed by atoms with Crippen LogP contribution in [0.15, 0.2) is 0 Å². The molecule has 0 saturated heterocycles. The second-order valence-electron chi connectivity index (χ2n) is 2.70. The van der Waals surface area contributed by atoms with Crippen LogP contribution in [0.2, 0.25) is 0 Å². The fraction of sp³-hybridized carbons (Fsp3) is 0.667. The van der Waals surface area contributed by atoms with E-state index in [1.165, 1.54) is 11.8 Å². The Hall–Kier alpha value is 2.46. The van der Waals surface area contributed by atoms with Gasteiger partial charge < -0.3 is 29.7 Å². The molecular formula is C9H16Na3O6S3+. The van der Waals surface area contributed by atoms with Crippen LogP contribution in [0.3, 0.4) is 0 Å². The van der Waals surface area contributed by atoms with Gasteiger partial charge in [0.05, 0.1) is 0 Å². The first-order chi connectivity index (χ1) is 7.90. The predicted molar refractivity (Wildman–Crippen MR) is 71.5 cm³/mol. The minimum Gasteiger partial charge on any atom is -0.550 e. The summed E-state index contributed by atoms with van der Waals surface area (Å²) >= 11 is 4.91. The maximum Gasteiger partial charge on any atom is 1.00 e. The number of thiol groups is 1. The summed E-state index contributed by atoms with van der Waals surface area (Å²) in [6.45, 7) is 0. The van der Waals surface area contributed by atoms with Crippen molar-refractivity contribution >= 4 is 55.8 Å². The summed E-state index contributed by atoms with van der Waals surface area (Å²) in [7, 11) is 0. The Kier molecular flexibility index (Phi) is 56.1. The Morgan fingerprint density at radius 3 is 1.24 bits per heavy atom. The average molecular weight is 385 g/mol. The molecule has 0 aromatic carbocycles. The smallest absolute Gasteiger partial charge is 0.550 e. The number of aliphatic carboxylic acids is 3. The van der Waals surface area contributed by atoms with Crippen LogP contribution >= 0.6 is 37.9 Å². The molecule has 0 fully saturated rings. The second kappa shape index (κ2) is 30.4. The van der Waals surface area contributed by atoms with Gasteiger partial charge in [-0.2, -0.15) is 37.9 Å². The van der Waals surface area contributed by atoms with Gasteiger partial charge in [-0.1, -0.05) is 0 Å². The van der Waals surface area contributed by atoms with E-state index in [9.17, 15) is 29.7 Å². The molecule has 0 rings (SSSR count). The molecule has 0 radical (unpaired) electrons. The van der Waals surface area contributed by atoms with E-state index in [2.05, 4.69) is 12.6 Å². The molecule has 0 N–H and O–H groups in total. The first-order valence-electron chi connectivity index (χ1n) is 4.68. The first kappa shape index (κ1) is 38.8. The van der Waals surface area contributed by atoms with Gasteiger partial charge in [-0.05, 0) is 36.5 Å². The number of hydrogen-bond acceptors (Lipinski definition) is 8. The van der Waals surface area contributed by atoms with Gasteiger partial charge >= 0.3 is 90.1 Å². The van der Waals surface area contributed by atoms with E-state index in [1.807, 2.05) is 0 Å². The van der Waals surface area contributed by atoms with E-state index in [0.29, 0.717) is 17.3 Å². The Morgan fingerprint density at radius 1 is 0.810 bits per heavy atom. The quantitative estimate of drug-likeness (QED) is 0.250. The van der Waals surface area contributed by atoms with Crippen molar-refractivity contribution in [2.24, 2.45) is 0 Å². The molecule has 0 spiro atoms. The zero-order valence-electron chi connectivity index (χ0n) is 13.5. The van der Waals surface area contributed by atoms with E-state index in [-0.39, 0.29) is 123 Å². The average Bonchev–Trinajstić information content (AvgIpc) is 2.16. The van der Waals surface area contributed by atoms with Crippen LogP contribution in [0.4, 0.5) is 0 Å². The van der Waals surface area contributed by atoms with Crippen LogP contribution in [0.1, 0.15) is 20.7 Å². The molecule has 0 saturated carbocycles. The zero-order chi connectivity index (χ0) is 13.7. The molecule has 0 aromatic rings. The Bertz CT molecular complexity index is 249. The number of thioether (sulfide) groups is 1. The molecule has 108 valence electrons. The first-order valence-corrected chi connectivity index (χ1v) is 6.47. The third-order valence-electron chi connectivity index (χ3n) is 1.22. The monoisotopic (exact) mass is 385 g/mol. The number of rotatable bonds is 8. The van der Waals surface area contributed by atoms with E-state index in [1.54, 1.807) is 0 Å². The van der Waals surface area contributed by atoms with E-state index < -0.39 is 17.9 Å². The van der Waals surface area contributed by atoms with Crippen molar-refractivity contribution in [1.29, 1.82) is 0 Å². The molecule has 12 heteroatoms. The van der Waals surface area contributed by atoms with Crippen molar-refractivity contribution in [2.45, 2.75) is 19.3 Å². The molecule has 6 nitrogen and oxygen atoms in total. The van der Waals surface area contributed by atoms with Gasteiger partial charge in [-0.15, -0.1) is 0 Å². The van der Waals surface area contributed by atoms with Gasteiger partial charge in [0.1, 0.15) is 0 Å². The van der Waals surface area contributed by atoms with E-state index >= 15 is 0 Å². The molecule has 0 unspecified atom stereocenters. The summed E-state index contributed by atoms with van der Waals surface area (Å²) in [6.07, 6.45) is -0.0153. The molecule has 0 aliphatic heterocycles. The molecule has 0 heterocycles. The van der Waals surface area contributed by atoms with Gasteiger partial charge in [0.2, 0.25) is 0 Å². The summed E-state index contributed by atoms with van der Waals surface area (Å²) in [6, 6.07) is 0. The Labute approximate surface area is 209 Å². The van der Waals surface area contributed by atoms with Crippen molar-refractivity contribution in [2.75, 3.05) is 17.3 Å². The van der Waals surface area contributed by atoms with Crippen LogP contribution < -0.4 is 104 Å². The third-order valence-corrected chi connectivity index (χ3v) is 2.43. The fourth-order valence-electron chi connectivity index (χ4n) is 0.504. The number of carboxylic acid groups (broad SMARTS) is 3. The van der Waals surface area contributed by atoms with E-state index in [4.69, 9.17) is 0 Å².